The van der Waals surface area contributed by atoms with Gasteiger partial charge in [0.15, 0.2) is 5.82 Å². The first-order valence-corrected chi connectivity index (χ1v) is 14.7. The van der Waals surface area contributed by atoms with Gasteiger partial charge in [0.2, 0.25) is 17.8 Å². The maximum Gasteiger partial charge on any atom is 0.296 e. The third-order valence-corrected chi connectivity index (χ3v) is 7.80. The number of imidazole rings is 1. The van der Waals surface area contributed by atoms with Gasteiger partial charge in [-0.15, -0.1) is 0 Å². The molecule has 228 valence electrons. The topological polar surface area (TPSA) is 122 Å². The Kier molecular flexibility index (Phi) is 9.20. The second-order valence-electron chi connectivity index (χ2n) is 10.7. The van der Waals surface area contributed by atoms with E-state index in [1.54, 1.807) is 24.3 Å². The van der Waals surface area contributed by atoms with Gasteiger partial charge in [-0.05, 0) is 55.5 Å². The molecule has 0 unspecified atom stereocenters. The number of nitrogens with zero attached hydrogens (tertiary/aromatic N) is 6. The molecule has 1 aliphatic carbocycles. The molecule has 0 atom stereocenters. The number of ether oxygens (including phenoxy) is 2. The number of nitrogens with one attached hydrogen (secondary N) is 2. The van der Waals surface area contributed by atoms with Crippen LogP contribution in [0.2, 0.25) is 0 Å². The Hall–Kier alpha value is -3.94. The summed E-state index contributed by atoms with van der Waals surface area (Å²) in [7, 11) is 0. The van der Waals surface area contributed by atoms with Gasteiger partial charge in [0.1, 0.15) is 12.4 Å². The molecule has 3 N–H and O–H groups in total. The standard InChI is InChI=1S/C30H36F2N8O3/c31-26(32)27-35-24-6-1-2-7-25(24)40(27)30-37-28(36-29(38-30)39-12-15-42-16-13-39)34-22-10-8-21(9-11-22)33-19-20-4-3-5-23(18-20)43-17-14-41/h1-7,18,21-22,26,33,41H,8-17,19H2,(H,34,36,37,38)/t21-,22-. The SMILES string of the molecule is OCCOc1cccc(CN[C@H]2CC[C@H](Nc3nc(N4CCOCC4)nc(-n4c(C(F)F)nc5ccccc54)n3)CC2)c1. The summed E-state index contributed by atoms with van der Waals surface area (Å²) in [6.07, 6.45) is 0.941. The summed E-state index contributed by atoms with van der Waals surface area (Å²) in [5.74, 6) is 1.25. The molecule has 2 aromatic carbocycles. The van der Waals surface area contributed by atoms with Crippen molar-refractivity contribution in [3.05, 3.63) is 59.9 Å². The Labute approximate surface area is 248 Å². The van der Waals surface area contributed by atoms with Gasteiger partial charge < -0.3 is 30.1 Å². The summed E-state index contributed by atoms with van der Waals surface area (Å²) < 4.78 is 40.6. The van der Waals surface area contributed by atoms with Gasteiger partial charge in [-0.3, -0.25) is 4.57 Å². The molecule has 6 rings (SSSR count). The molecule has 13 heteroatoms. The number of halogens is 2. The van der Waals surface area contributed by atoms with Crippen molar-refractivity contribution in [3.63, 3.8) is 0 Å². The summed E-state index contributed by atoms with van der Waals surface area (Å²) >= 11 is 0. The van der Waals surface area contributed by atoms with Crippen molar-refractivity contribution in [3.8, 4) is 11.7 Å². The van der Waals surface area contributed by atoms with E-state index in [0.717, 1.165) is 43.5 Å². The number of hydrogen-bond donors (Lipinski definition) is 3. The number of hydrogen-bond acceptors (Lipinski definition) is 10. The number of aliphatic hydroxyl groups is 1. The molecule has 0 spiro atoms. The van der Waals surface area contributed by atoms with E-state index in [1.807, 2.05) is 23.1 Å². The van der Waals surface area contributed by atoms with Crippen molar-refractivity contribution in [2.75, 3.05) is 49.7 Å². The van der Waals surface area contributed by atoms with E-state index in [2.05, 4.69) is 31.7 Å². The van der Waals surface area contributed by atoms with E-state index in [-0.39, 0.29) is 25.2 Å². The van der Waals surface area contributed by atoms with Crippen LogP contribution in [0.25, 0.3) is 17.0 Å². The van der Waals surface area contributed by atoms with Crippen LogP contribution in [0.15, 0.2) is 48.5 Å². The second kappa shape index (κ2) is 13.6. The lowest BCUT2D eigenvalue weighted by atomic mass is 9.91. The molecular weight excluding hydrogens is 558 g/mol. The highest BCUT2D eigenvalue weighted by Gasteiger charge is 2.26. The fourth-order valence-electron chi connectivity index (χ4n) is 5.62. The largest absolute Gasteiger partial charge is 0.491 e. The molecule has 1 saturated carbocycles. The molecule has 0 bridgehead atoms. The van der Waals surface area contributed by atoms with Crippen molar-refractivity contribution in [2.24, 2.45) is 0 Å². The highest BCUT2D eigenvalue weighted by Crippen LogP contribution is 2.29. The number of anilines is 2. The summed E-state index contributed by atoms with van der Waals surface area (Å²) in [5.41, 5.74) is 2.09. The second-order valence-corrected chi connectivity index (χ2v) is 10.7. The number of aliphatic hydroxyl groups excluding tert-OH is 1. The van der Waals surface area contributed by atoms with E-state index < -0.39 is 12.2 Å². The Morgan fingerprint density at radius 1 is 0.930 bits per heavy atom. The summed E-state index contributed by atoms with van der Waals surface area (Å²) in [4.78, 5) is 20.2. The molecule has 2 fully saturated rings. The highest BCUT2D eigenvalue weighted by molar-refractivity contribution is 5.77. The molecule has 2 aromatic heterocycles. The van der Waals surface area contributed by atoms with Crippen LogP contribution in [0, 0.1) is 0 Å². The van der Waals surface area contributed by atoms with E-state index in [9.17, 15) is 8.78 Å². The number of alkyl halides is 2. The van der Waals surface area contributed by atoms with Crippen molar-refractivity contribution in [2.45, 2.75) is 50.7 Å². The number of benzene rings is 2. The van der Waals surface area contributed by atoms with Crippen molar-refractivity contribution in [1.82, 2.24) is 29.8 Å². The van der Waals surface area contributed by atoms with Crippen LogP contribution in [-0.2, 0) is 11.3 Å². The third kappa shape index (κ3) is 7.00. The first-order valence-electron chi connectivity index (χ1n) is 14.7. The van der Waals surface area contributed by atoms with Crippen LogP contribution < -0.4 is 20.3 Å². The summed E-state index contributed by atoms with van der Waals surface area (Å²) in [6, 6.07) is 15.4. The molecule has 11 nitrogen and oxygen atoms in total. The maximum absolute atomic E-state index is 14.1. The Bertz CT molecular complexity index is 1510. The lowest BCUT2D eigenvalue weighted by molar-refractivity contribution is 0.122. The smallest absolute Gasteiger partial charge is 0.296 e. The monoisotopic (exact) mass is 594 g/mol. The van der Waals surface area contributed by atoms with Crippen LogP contribution in [0.1, 0.15) is 43.5 Å². The van der Waals surface area contributed by atoms with E-state index in [0.29, 0.717) is 55.3 Å². The minimum absolute atomic E-state index is 0.0165. The van der Waals surface area contributed by atoms with Crippen molar-refractivity contribution < 1.29 is 23.4 Å². The molecule has 2 aliphatic rings. The average molecular weight is 595 g/mol. The minimum atomic E-state index is -2.80. The number of aromatic nitrogens is 5. The quantitative estimate of drug-likeness (QED) is 0.236. The predicted molar refractivity (Wildman–Crippen MR) is 158 cm³/mol. The lowest BCUT2D eigenvalue weighted by Gasteiger charge is -2.30. The van der Waals surface area contributed by atoms with E-state index in [1.165, 1.54) is 4.57 Å². The Morgan fingerprint density at radius 2 is 1.70 bits per heavy atom. The maximum atomic E-state index is 14.1. The van der Waals surface area contributed by atoms with Gasteiger partial charge in [0.25, 0.3) is 6.43 Å². The molecule has 1 aliphatic heterocycles. The zero-order valence-corrected chi connectivity index (χ0v) is 23.8. The Balaban J connectivity index is 1.17. The fraction of sp³-hybridized carbons (Fsp3) is 0.467. The van der Waals surface area contributed by atoms with Crippen LogP contribution in [-0.4, -0.2) is 81.2 Å². The zero-order valence-electron chi connectivity index (χ0n) is 23.8. The zero-order chi connectivity index (χ0) is 29.6. The number of rotatable bonds is 11. The van der Waals surface area contributed by atoms with Crippen LogP contribution in [0.5, 0.6) is 5.75 Å². The van der Waals surface area contributed by atoms with Crippen LogP contribution >= 0.6 is 0 Å². The number of fused-ring (bicyclic) bond motifs is 1. The lowest BCUT2D eigenvalue weighted by Crippen LogP contribution is -2.38. The predicted octanol–water partition coefficient (Wildman–Crippen LogP) is 3.87. The molecule has 43 heavy (non-hydrogen) atoms. The molecule has 4 aromatic rings. The molecular formula is C30H36F2N8O3. The van der Waals surface area contributed by atoms with Gasteiger partial charge in [0, 0.05) is 31.7 Å². The highest BCUT2D eigenvalue weighted by atomic mass is 19.3. The molecule has 1 saturated heterocycles. The normalized spacial score (nSPS) is 19.2. The fourth-order valence-corrected chi connectivity index (χ4v) is 5.62. The summed E-state index contributed by atoms with van der Waals surface area (Å²) in [5, 5.41) is 16.1. The van der Waals surface area contributed by atoms with Gasteiger partial charge in [-0.1, -0.05) is 24.3 Å². The van der Waals surface area contributed by atoms with E-state index in [4.69, 9.17) is 19.6 Å². The molecule has 0 amide bonds. The minimum Gasteiger partial charge on any atom is -0.491 e. The average Bonchev–Trinajstić information content (AvgIpc) is 3.44. The van der Waals surface area contributed by atoms with Crippen LogP contribution in [0.4, 0.5) is 20.7 Å². The third-order valence-electron chi connectivity index (χ3n) is 7.80. The van der Waals surface area contributed by atoms with Crippen LogP contribution in [0.3, 0.4) is 0 Å². The van der Waals surface area contributed by atoms with Gasteiger partial charge in [0.05, 0.1) is 30.9 Å². The Morgan fingerprint density at radius 3 is 2.49 bits per heavy atom. The first kappa shape index (κ1) is 29.1. The van der Waals surface area contributed by atoms with Crippen molar-refractivity contribution >= 4 is 22.9 Å². The van der Waals surface area contributed by atoms with Gasteiger partial charge in [-0.25, -0.2) is 13.8 Å². The number of para-hydroxylation sites is 2. The number of morpholine rings is 1. The van der Waals surface area contributed by atoms with Gasteiger partial charge >= 0.3 is 0 Å². The molecule has 0 radical (unpaired) electrons. The summed E-state index contributed by atoms with van der Waals surface area (Å²) in [6.45, 7) is 3.26. The first-order chi connectivity index (χ1) is 21.1. The molecule has 3 heterocycles. The van der Waals surface area contributed by atoms with Crippen molar-refractivity contribution in [1.29, 1.82) is 0 Å². The van der Waals surface area contributed by atoms with Gasteiger partial charge in [-0.2, -0.15) is 15.0 Å². The van der Waals surface area contributed by atoms with E-state index >= 15 is 0 Å².